The van der Waals surface area contributed by atoms with Crippen LogP contribution < -0.4 is 5.48 Å². The lowest BCUT2D eigenvalue weighted by Crippen LogP contribution is -2.12. The van der Waals surface area contributed by atoms with Crippen molar-refractivity contribution in [3.05, 3.63) is 60.2 Å². The van der Waals surface area contributed by atoms with Gasteiger partial charge in [-0.3, -0.25) is 4.84 Å². The molecule has 0 aromatic heterocycles. The van der Waals surface area contributed by atoms with Crippen molar-refractivity contribution in [1.82, 2.24) is 5.48 Å². The summed E-state index contributed by atoms with van der Waals surface area (Å²) >= 11 is 0. The maximum Gasteiger partial charge on any atom is 0.0933 e. The lowest BCUT2D eigenvalue weighted by molar-refractivity contribution is 0.0314. The maximum absolute atomic E-state index is 5.26. The van der Waals surface area contributed by atoms with Crippen molar-refractivity contribution in [2.75, 3.05) is 6.54 Å². The topological polar surface area (TPSA) is 21.3 Å². The summed E-state index contributed by atoms with van der Waals surface area (Å²) in [5, 5.41) is 0. The van der Waals surface area contributed by atoms with Crippen molar-refractivity contribution in [3.63, 3.8) is 0 Å². The molecule has 0 amide bonds. The van der Waals surface area contributed by atoms with E-state index in [2.05, 4.69) is 54.0 Å². The van der Waals surface area contributed by atoms with Crippen molar-refractivity contribution in [2.24, 2.45) is 0 Å². The Bertz CT molecular complexity index is 436. The van der Waals surface area contributed by atoms with Crippen LogP contribution in [0.1, 0.15) is 12.5 Å². The van der Waals surface area contributed by atoms with Crippen LogP contribution in [0, 0.1) is 0 Å². The molecule has 0 heterocycles. The molecular formula is C15H17NO. The molecule has 1 N–H and O–H groups in total. The Kier molecular flexibility index (Phi) is 4.30. The Morgan fingerprint density at radius 1 is 0.882 bits per heavy atom. The lowest BCUT2D eigenvalue weighted by atomic mass is 10.0. The molecule has 0 aliphatic carbocycles. The van der Waals surface area contributed by atoms with Crippen LogP contribution in [0.4, 0.5) is 0 Å². The molecule has 2 aromatic rings. The molecule has 0 bridgehead atoms. The Balaban J connectivity index is 2.03. The summed E-state index contributed by atoms with van der Waals surface area (Å²) in [5.41, 5.74) is 6.49. The molecule has 2 heteroatoms. The SMILES string of the molecule is CCNOCc1ccc(-c2ccccc2)cc1. The van der Waals surface area contributed by atoms with E-state index in [1.807, 2.05) is 13.0 Å². The fourth-order valence-corrected chi connectivity index (χ4v) is 1.66. The van der Waals surface area contributed by atoms with Crippen LogP contribution in [0.3, 0.4) is 0 Å². The molecule has 0 fully saturated rings. The average molecular weight is 227 g/mol. The first kappa shape index (κ1) is 11.8. The maximum atomic E-state index is 5.26. The Labute approximate surface area is 102 Å². The zero-order chi connectivity index (χ0) is 11.9. The minimum absolute atomic E-state index is 0.600. The van der Waals surface area contributed by atoms with E-state index < -0.39 is 0 Å². The van der Waals surface area contributed by atoms with Crippen LogP contribution in [-0.2, 0) is 11.4 Å². The highest BCUT2D eigenvalue weighted by atomic mass is 16.6. The summed E-state index contributed by atoms with van der Waals surface area (Å²) in [6.45, 7) is 3.43. The number of benzene rings is 2. The highest BCUT2D eigenvalue weighted by Gasteiger charge is 1.97. The third kappa shape index (κ3) is 3.41. The second-order valence-corrected chi connectivity index (χ2v) is 3.85. The van der Waals surface area contributed by atoms with Gasteiger partial charge in [-0.2, -0.15) is 0 Å². The first-order valence-electron chi connectivity index (χ1n) is 5.89. The fourth-order valence-electron chi connectivity index (χ4n) is 1.66. The van der Waals surface area contributed by atoms with Gasteiger partial charge in [0.15, 0.2) is 0 Å². The molecule has 2 rings (SSSR count). The van der Waals surface area contributed by atoms with E-state index in [-0.39, 0.29) is 0 Å². The van der Waals surface area contributed by atoms with E-state index in [4.69, 9.17) is 4.84 Å². The van der Waals surface area contributed by atoms with Crippen LogP contribution in [0.15, 0.2) is 54.6 Å². The number of rotatable bonds is 5. The number of hydrogen-bond acceptors (Lipinski definition) is 2. The quantitative estimate of drug-likeness (QED) is 0.624. The van der Waals surface area contributed by atoms with E-state index in [0.717, 1.165) is 6.54 Å². The molecule has 88 valence electrons. The van der Waals surface area contributed by atoms with Gasteiger partial charge in [0.05, 0.1) is 6.61 Å². The summed E-state index contributed by atoms with van der Waals surface area (Å²) in [4.78, 5) is 5.26. The van der Waals surface area contributed by atoms with Crippen molar-refractivity contribution in [2.45, 2.75) is 13.5 Å². The van der Waals surface area contributed by atoms with Crippen molar-refractivity contribution >= 4 is 0 Å². The summed E-state index contributed by atoms with van der Waals surface area (Å²) in [7, 11) is 0. The summed E-state index contributed by atoms with van der Waals surface area (Å²) < 4.78 is 0. The smallest absolute Gasteiger partial charge is 0.0933 e. The molecule has 0 atom stereocenters. The van der Waals surface area contributed by atoms with E-state index >= 15 is 0 Å². The molecule has 0 aliphatic rings. The molecule has 0 saturated carbocycles. The highest BCUT2D eigenvalue weighted by molar-refractivity contribution is 5.63. The Morgan fingerprint density at radius 3 is 2.18 bits per heavy atom. The van der Waals surface area contributed by atoms with Gasteiger partial charge in [-0.25, -0.2) is 5.48 Å². The molecule has 0 saturated heterocycles. The Morgan fingerprint density at radius 2 is 1.53 bits per heavy atom. The highest BCUT2D eigenvalue weighted by Crippen LogP contribution is 2.19. The first-order chi connectivity index (χ1) is 8.40. The molecule has 0 unspecified atom stereocenters. The van der Waals surface area contributed by atoms with Crippen molar-refractivity contribution < 1.29 is 4.84 Å². The van der Waals surface area contributed by atoms with Gasteiger partial charge in [-0.15, -0.1) is 0 Å². The third-order valence-electron chi connectivity index (χ3n) is 2.55. The second kappa shape index (κ2) is 6.18. The van der Waals surface area contributed by atoms with Gasteiger partial charge in [0, 0.05) is 6.54 Å². The van der Waals surface area contributed by atoms with Gasteiger partial charge in [0.2, 0.25) is 0 Å². The monoisotopic (exact) mass is 227 g/mol. The lowest BCUT2D eigenvalue weighted by Gasteiger charge is -2.05. The minimum Gasteiger partial charge on any atom is -0.297 e. The number of hydroxylamine groups is 1. The zero-order valence-corrected chi connectivity index (χ0v) is 10.0. The van der Waals surface area contributed by atoms with Crippen LogP contribution in [0.25, 0.3) is 11.1 Å². The van der Waals surface area contributed by atoms with Gasteiger partial charge in [0.25, 0.3) is 0 Å². The van der Waals surface area contributed by atoms with Gasteiger partial charge >= 0.3 is 0 Å². The number of nitrogens with one attached hydrogen (secondary N) is 1. The summed E-state index contributed by atoms with van der Waals surface area (Å²) in [5.74, 6) is 0. The summed E-state index contributed by atoms with van der Waals surface area (Å²) in [6.07, 6.45) is 0. The predicted molar refractivity (Wildman–Crippen MR) is 70.3 cm³/mol. The van der Waals surface area contributed by atoms with E-state index in [1.165, 1.54) is 16.7 Å². The van der Waals surface area contributed by atoms with Crippen molar-refractivity contribution in [1.29, 1.82) is 0 Å². The molecule has 0 spiro atoms. The predicted octanol–water partition coefficient (Wildman–Crippen LogP) is 3.39. The van der Waals surface area contributed by atoms with Crippen LogP contribution in [0.5, 0.6) is 0 Å². The molecular weight excluding hydrogens is 210 g/mol. The molecule has 0 aliphatic heterocycles. The van der Waals surface area contributed by atoms with Crippen LogP contribution in [0.2, 0.25) is 0 Å². The molecule has 17 heavy (non-hydrogen) atoms. The second-order valence-electron chi connectivity index (χ2n) is 3.85. The molecule has 2 aromatic carbocycles. The van der Waals surface area contributed by atoms with Gasteiger partial charge in [0.1, 0.15) is 0 Å². The average Bonchev–Trinajstić information content (AvgIpc) is 2.41. The third-order valence-corrected chi connectivity index (χ3v) is 2.55. The van der Waals surface area contributed by atoms with E-state index in [0.29, 0.717) is 6.61 Å². The van der Waals surface area contributed by atoms with Crippen LogP contribution >= 0.6 is 0 Å². The van der Waals surface area contributed by atoms with E-state index in [1.54, 1.807) is 0 Å². The normalized spacial score (nSPS) is 10.4. The van der Waals surface area contributed by atoms with Gasteiger partial charge in [-0.1, -0.05) is 61.5 Å². The minimum atomic E-state index is 0.600. The standard InChI is InChI=1S/C15H17NO/c1-2-16-17-12-13-8-10-15(11-9-13)14-6-4-3-5-7-14/h3-11,16H,2,12H2,1H3. The largest absolute Gasteiger partial charge is 0.297 e. The zero-order valence-electron chi connectivity index (χ0n) is 10.0. The number of hydrogen-bond donors (Lipinski definition) is 1. The van der Waals surface area contributed by atoms with Crippen LogP contribution in [-0.4, -0.2) is 6.54 Å². The first-order valence-corrected chi connectivity index (χ1v) is 5.89. The summed E-state index contributed by atoms with van der Waals surface area (Å²) in [6, 6.07) is 18.8. The van der Waals surface area contributed by atoms with Gasteiger partial charge in [-0.05, 0) is 16.7 Å². The fraction of sp³-hybridized carbons (Fsp3) is 0.200. The molecule has 0 radical (unpaired) electrons. The molecule has 2 nitrogen and oxygen atoms in total. The van der Waals surface area contributed by atoms with E-state index in [9.17, 15) is 0 Å². The Hall–Kier alpha value is -1.64. The van der Waals surface area contributed by atoms with Crippen molar-refractivity contribution in [3.8, 4) is 11.1 Å². The van der Waals surface area contributed by atoms with Gasteiger partial charge < -0.3 is 0 Å².